The molecular formula is C69H108O35. The summed E-state index contributed by atoms with van der Waals surface area (Å²) < 4.78 is 83.7. The molecule has 7 saturated heterocycles. The van der Waals surface area contributed by atoms with Gasteiger partial charge in [-0.3, -0.25) is 4.79 Å². The smallest absolute Gasteiger partial charge is 0.335 e. The van der Waals surface area contributed by atoms with Crippen LogP contribution in [0.15, 0.2) is 11.6 Å². The van der Waals surface area contributed by atoms with Crippen LogP contribution in [-0.4, -0.2) is 339 Å². The Balaban J connectivity index is 0.766. The van der Waals surface area contributed by atoms with Crippen molar-refractivity contribution in [3.8, 4) is 0 Å². The van der Waals surface area contributed by atoms with E-state index in [0.29, 0.717) is 57.8 Å². The van der Waals surface area contributed by atoms with E-state index in [1.165, 1.54) is 13.8 Å². The van der Waals surface area contributed by atoms with Crippen LogP contribution >= 0.6 is 0 Å². The maximum absolute atomic E-state index is 15.7. The van der Waals surface area contributed by atoms with Crippen LogP contribution < -0.4 is 0 Å². The molecule has 0 aromatic heterocycles. The summed E-state index contributed by atoms with van der Waals surface area (Å²) in [5.74, 6) is -3.29. The Hall–Kier alpha value is -2.85. The average Bonchev–Trinajstić information content (AvgIpc) is 0.674. The van der Waals surface area contributed by atoms with Crippen molar-refractivity contribution in [3.05, 3.63) is 11.6 Å². The summed E-state index contributed by atoms with van der Waals surface area (Å²) in [6.07, 6.45) is -49.8. The first-order valence-electron chi connectivity index (χ1n) is 36.3. The van der Waals surface area contributed by atoms with Crippen LogP contribution in [0.5, 0.6) is 0 Å². The van der Waals surface area contributed by atoms with Gasteiger partial charge in [0.2, 0.25) is 6.29 Å². The van der Waals surface area contributed by atoms with Crippen molar-refractivity contribution in [1.82, 2.24) is 0 Å². The van der Waals surface area contributed by atoms with Gasteiger partial charge in [-0.1, -0.05) is 53.2 Å². The van der Waals surface area contributed by atoms with Crippen LogP contribution in [0.25, 0.3) is 0 Å². The monoisotopic (exact) mass is 1500 g/mol. The van der Waals surface area contributed by atoms with Gasteiger partial charge in [0.15, 0.2) is 49.9 Å². The summed E-state index contributed by atoms with van der Waals surface area (Å²) >= 11 is 0. The van der Waals surface area contributed by atoms with Crippen molar-refractivity contribution in [2.75, 3.05) is 26.4 Å². The Bertz CT molecular complexity index is 3040. The number of allylic oxidation sites excluding steroid dienone is 2. The van der Waals surface area contributed by atoms with Gasteiger partial charge in [0.05, 0.1) is 55.6 Å². The van der Waals surface area contributed by atoms with Crippen LogP contribution in [-0.2, 0) is 80.7 Å². The highest BCUT2D eigenvalue weighted by Gasteiger charge is 2.72. The van der Waals surface area contributed by atoms with Crippen LogP contribution in [0, 0.1) is 50.2 Å². The summed E-state index contributed by atoms with van der Waals surface area (Å²) in [6.45, 7) is 13.2. The largest absolute Gasteiger partial charge is 0.479 e. The van der Waals surface area contributed by atoms with Gasteiger partial charge in [-0.15, -0.1) is 0 Å². The van der Waals surface area contributed by atoms with Crippen molar-refractivity contribution >= 4 is 18.2 Å². The van der Waals surface area contributed by atoms with E-state index < -0.39 is 280 Å². The number of hydrogen-bond acceptors (Lipinski definition) is 34. The third-order valence-corrected chi connectivity index (χ3v) is 26.4. The maximum Gasteiger partial charge on any atom is 0.335 e. The van der Waals surface area contributed by atoms with E-state index in [2.05, 4.69) is 40.7 Å². The third-order valence-electron chi connectivity index (χ3n) is 26.4. The van der Waals surface area contributed by atoms with Gasteiger partial charge in [-0.05, 0) is 117 Å². The molecule has 0 aromatic carbocycles. The van der Waals surface area contributed by atoms with Crippen LogP contribution in [0.4, 0.5) is 0 Å². The van der Waals surface area contributed by atoms with Gasteiger partial charge >= 0.3 is 11.9 Å². The predicted octanol–water partition coefficient (Wildman–Crippen LogP) is -5.32. The number of aldehydes is 1. The number of aliphatic hydroxyl groups is 17. The SMILES string of the molecule is C[C@@H]1O[C@H](OC(=O)[C@]23CCC(C)(C)C[C@H]2C2=CC[C@H]4[C@]5(C)CC[C@H](O[C@H]6O[C@@H](C(=O)O)[C@H](O)[C@@H](O[C@H]7O[C@@H](CO)[C@H](O)[C@@H](O)[C@@H]7O)[C@@H]6O[C@H]6OC[C@H](O)[C@@H](O)[C@@H]6O)[C@@](C)(C=O)[C@H]5CC[C@]4(C)[C@@]2(C)CC3)[C@@H](O[C@H]2O[C@@H](C)[C@H](O[C@H]3OC[C@H](O)[C@@H](O[C@H]4OC[C@H](O)[C@@H](O)[C@@H]4O)[C@@H]3O)[C@@H](O)[C@@H]2O)[C@H](O)[C@H]1O. The van der Waals surface area contributed by atoms with E-state index >= 15 is 4.79 Å². The first-order valence-corrected chi connectivity index (χ1v) is 36.3. The summed E-state index contributed by atoms with van der Waals surface area (Å²) in [7, 11) is 0. The topological polar surface area (TPSA) is 545 Å². The quantitative estimate of drug-likeness (QED) is 0.0280. The number of carboxylic acids is 1. The van der Waals surface area contributed by atoms with Crippen molar-refractivity contribution in [2.24, 2.45) is 50.2 Å². The summed E-state index contributed by atoms with van der Waals surface area (Å²) in [4.78, 5) is 42.9. The van der Waals surface area contributed by atoms with Crippen LogP contribution in [0.2, 0.25) is 0 Å². The second-order valence-corrected chi connectivity index (χ2v) is 33.0. The zero-order valence-electron chi connectivity index (χ0n) is 59.3. The average molecular weight is 1500 g/mol. The predicted molar refractivity (Wildman–Crippen MR) is 341 cm³/mol. The van der Waals surface area contributed by atoms with Crippen molar-refractivity contribution in [1.29, 1.82) is 0 Å². The summed E-state index contributed by atoms with van der Waals surface area (Å²) in [5, 5.41) is 196. The molecule has 12 aliphatic rings. The Morgan fingerprint density at radius 3 is 1.65 bits per heavy atom. The lowest BCUT2D eigenvalue weighted by atomic mass is 9.33. The highest BCUT2D eigenvalue weighted by Crippen LogP contribution is 2.76. The number of aliphatic carboxylic acids is 1. The molecule has 18 N–H and O–H groups in total. The molecule has 0 aromatic rings. The highest BCUT2D eigenvalue weighted by atomic mass is 16.8. The third kappa shape index (κ3) is 13.9. The molecule has 35 heteroatoms. The molecule has 11 fully saturated rings. The van der Waals surface area contributed by atoms with E-state index in [9.17, 15) is 102 Å². The zero-order valence-corrected chi connectivity index (χ0v) is 59.3. The molecule has 0 bridgehead atoms. The second kappa shape index (κ2) is 30.3. The number of carbonyl (C=O) groups excluding carboxylic acids is 2. The number of ether oxygens (including phenoxy) is 14. The summed E-state index contributed by atoms with van der Waals surface area (Å²) in [6, 6.07) is 0. The maximum atomic E-state index is 15.7. The van der Waals surface area contributed by atoms with Crippen molar-refractivity contribution in [3.63, 3.8) is 0 Å². The lowest BCUT2D eigenvalue weighted by Crippen LogP contribution is -2.68. The molecule has 0 radical (unpaired) electrons. The fourth-order valence-electron chi connectivity index (χ4n) is 19.9. The normalized spacial score (nSPS) is 54.8. The van der Waals surface area contributed by atoms with Crippen LogP contribution in [0.3, 0.4) is 0 Å². The molecule has 7 heterocycles. The highest BCUT2D eigenvalue weighted by molar-refractivity contribution is 5.79. The van der Waals surface area contributed by atoms with Gasteiger partial charge in [0, 0.05) is 0 Å². The fourth-order valence-corrected chi connectivity index (χ4v) is 19.9. The molecular weight excluding hydrogens is 1390 g/mol. The molecule has 35 nitrogen and oxygen atoms in total. The Morgan fingerprint density at radius 1 is 0.490 bits per heavy atom. The van der Waals surface area contributed by atoms with E-state index in [0.717, 1.165) is 11.9 Å². The Labute approximate surface area is 599 Å². The number of carbonyl (C=O) groups is 3. The number of fused-ring (bicyclic) bond motifs is 7. The van der Waals surface area contributed by atoms with Gasteiger partial charge in [0.25, 0.3) is 0 Å². The van der Waals surface area contributed by atoms with Crippen molar-refractivity contribution in [2.45, 2.75) is 322 Å². The van der Waals surface area contributed by atoms with E-state index in [-0.39, 0.29) is 17.8 Å². The van der Waals surface area contributed by atoms with Gasteiger partial charge in [0.1, 0.15) is 134 Å². The molecule has 4 saturated carbocycles. The van der Waals surface area contributed by atoms with Gasteiger partial charge in [-0.2, -0.15) is 0 Å². The van der Waals surface area contributed by atoms with E-state index in [1.54, 1.807) is 6.92 Å². The number of carboxylic acid groups (broad SMARTS) is 1. The number of rotatable bonds is 17. The lowest BCUT2D eigenvalue weighted by Gasteiger charge is -2.71. The fraction of sp³-hybridized carbons (Fsp3) is 0.928. The van der Waals surface area contributed by atoms with Gasteiger partial charge in [-0.25, -0.2) is 4.79 Å². The van der Waals surface area contributed by atoms with Gasteiger partial charge < -0.3 is 163 Å². The molecule has 0 unspecified atom stereocenters. The molecule has 5 aliphatic carbocycles. The Kier molecular flexibility index (Phi) is 23.5. The lowest BCUT2D eigenvalue weighted by molar-refractivity contribution is -0.390. The zero-order chi connectivity index (χ0) is 75.7. The molecule has 7 aliphatic heterocycles. The Morgan fingerprint density at radius 2 is 1.03 bits per heavy atom. The summed E-state index contributed by atoms with van der Waals surface area (Å²) in [5.41, 5.74) is -3.39. The molecule has 12 rings (SSSR count). The molecule has 104 heavy (non-hydrogen) atoms. The molecule has 594 valence electrons. The standard InChI is InChI=1S/C69H108O35/c1-25-36(75)41(80)53(102-59-46(85)42(81)49(26(2)95-59)98-58-48(87)50(31(74)23-93-58)99-56-43(82)37(76)29(72)21-91-56)61(94-25)104-63(90)69-17-15-64(3,4)19-28(69)27-9-10-34-65(5)13-12-35(66(6,24-71)33(65)11-14-68(34,8)67(27,7)16-18-69)97-62-54(103-57-44(83)38(77)30(73)22-92-57)51(47(86)52(101-62)55(88)89)100-60-45(84)40(79)39(78)32(20-70)96-60/h9,24-26,28-54,56-62,70,72-87H,10-23H2,1-8H3,(H,88,89)/t25-,26-,28-,29-,30-,31-,32-,33-,34-,35-,36-,37+,38+,39-,40+,41+,42-,43-,44-,45-,46-,47+,48-,49-,50+,51+,52+,53-,54-,56+,57+,58+,59+,60+,61+,62-,65+,66-,67-,68-,69-/m0/s1. The minimum atomic E-state index is -2.22. The number of hydrogen-bond donors (Lipinski definition) is 18. The number of esters is 1. The number of aliphatic hydroxyl groups excluding tert-OH is 17. The van der Waals surface area contributed by atoms with E-state index in [4.69, 9.17) is 66.3 Å². The van der Waals surface area contributed by atoms with E-state index in [1.807, 2.05) is 0 Å². The minimum Gasteiger partial charge on any atom is -0.479 e. The molecule has 0 spiro atoms. The van der Waals surface area contributed by atoms with Crippen molar-refractivity contribution < 1.29 is 173 Å². The first kappa shape index (κ1) is 80.7. The molecule has 0 amide bonds. The minimum absolute atomic E-state index is 0.0990. The second-order valence-electron chi connectivity index (χ2n) is 33.0. The molecule has 41 atom stereocenters. The van der Waals surface area contributed by atoms with Crippen LogP contribution in [0.1, 0.15) is 120 Å². The first-order chi connectivity index (χ1) is 48.8.